The number of carbonyl (C=O) groups excluding carboxylic acids is 2. The topological polar surface area (TPSA) is 74.8 Å². The molecule has 31 heavy (non-hydrogen) atoms. The normalized spacial score (nSPS) is 23.7. The molecule has 4 rings (SSSR count). The van der Waals surface area contributed by atoms with Crippen LogP contribution in [-0.2, 0) is 4.79 Å². The Morgan fingerprint density at radius 3 is 2.61 bits per heavy atom. The Hall–Kier alpha value is -2.93. The van der Waals surface area contributed by atoms with Crippen molar-refractivity contribution < 1.29 is 14.3 Å². The Morgan fingerprint density at radius 2 is 1.94 bits per heavy atom. The summed E-state index contributed by atoms with van der Waals surface area (Å²) in [6, 6.07) is 11.0. The molecule has 3 heterocycles. The Labute approximate surface area is 183 Å². The van der Waals surface area contributed by atoms with E-state index >= 15 is 0 Å². The molecule has 164 valence electrons. The molecule has 2 aliphatic rings. The number of anilines is 1. The maximum Gasteiger partial charge on any atom is 0.253 e. The molecule has 0 spiro atoms. The molecule has 7 heteroatoms. The highest BCUT2D eigenvalue weighted by Crippen LogP contribution is 2.44. The maximum absolute atomic E-state index is 13.5. The van der Waals surface area contributed by atoms with Gasteiger partial charge in [-0.3, -0.25) is 19.5 Å². The first-order valence-electron chi connectivity index (χ1n) is 11.0. The van der Waals surface area contributed by atoms with E-state index in [-0.39, 0.29) is 17.9 Å². The van der Waals surface area contributed by atoms with Gasteiger partial charge in [0.25, 0.3) is 5.91 Å². The van der Waals surface area contributed by atoms with Crippen molar-refractivity contribution in [1.82, 2.24) is 14.8 Å². The van der Waals surface area contributed by atoms with Gasteiger partial charge in [-0.05, 0) is 68.8 Å². The summed E-state index contributed by atoms with van der Waals surface area (Å²) in [5.74, 6) is 0.778. The predicted octanol–water partition coefficient (Wildman–Crippen LogP) is 3.05. The molecule has 0 unspecified atom stereocenters. The van der Waals surface area contributed by atoms with Crippen LogP contribution in [0.4, 0.5) is 5.69 Å². The average Bonchev–Trinajstić information content (AvgIpc) is 3.06. The summed E-state index contributed by atoms with van der Waals surface area (Å²) in [6.07, 6.45) is 5.62. The fourth-order valence-electron chi connectivity index (χ4n) is 5.06. The molecule has 2 atom stereocenters. The van der Waals surface area contributed by atoms with Crippen LogP contribution in [0.1, 0.15) is 36.5 Å². The number of carbonyl (C=O) groups is 2. The lowest BCUT2D eigenvalue weighted by atomic mass is 9.75. The van der Waals surface area contributed by atoms with Gasteiger partial charge in [0.2, 0.25) is 5.91 Å². The van der Waals surface area contributed by atoms with Crippen LogP contribution in [0.15, 0.2) is 48.8 Å². The lowest BCUT2D eigenvalue weighted by molar-refractivity contribution is -0.127. The number of fused-ring (bicyclic) bond motifs is 1. The fourth-order valence-corrected chi connectivity index (χ4v) is 5.06. The average molecular weight is 423 g/mol. The van der Waals surface area contributed by atoms with E-state index in [0.717, 1.165) is 31.7 Å². The highest BCUT2D eigenvalue weighted by atomic mass is 16.5. The standard InChI is InChI=1S/C24H30N4O3/c1-3-27-15-11-24(23(30)26-19-5-4-13-25-17-19)12-16-28(14-10-21(24)27)22(29)18-6-8-20(31-2)9-7-18/h4-9,13,17,21H,3,10-12,14-16H2,1-2H3,(H,26,30)/t21-,24-/m0/s1. The van der Waals surface area contributed by atoms with E-state index in [9.17, 15) is 9.59 Å². The number of nitrogens with zero attached hydrogens (tertiary/aromatic N) is 3. The van der Waals surface area contributed by atoms with E-state index in [1.165, 1.54) is 0 Å². The quantitative estimate of drug-likeness (QED) is 0.802. The van der Waals surface area contributed by atoms with E-state index in [2.05, 4.69) is 22.1 Å². The molecule has 2 aliphatic heterocycles. The van der Waals surface area contributed by atoms with Crippen LogP contribution in [-0.4, -0.2) is 65.9 Å². The largest absolute Gasteiger partial charge is 0.497 e. The van der Waals surface area contributed by atoms with Crippen molar-refractivity contribution in [3.05, 3.63) is 54.4 Å². The number of pyridine rings is 1. The number of rotatable bonds is 5. The number of amides is 2. The second-order valence-electron chi connectivity index (χ2n) is 8.31. The molecular formula is C24H30N4O3. The van der Waals surface area contributed by atoms with Crippen molar-refractivity contribution in [3.8, 4) is 5.75 Å². The lowest BCUT2D eigenvalue weighted by Gasteiger charge is -2.35. The van der Waals surface area contributed by atoms with E-state index in [1.54, 1.807) is 43.8 Å². The van der Waals surface area contributed by atoms with E-state index in [0.29, 0.717) is 30.8 Å². The van der Waals surface area contributed by atoms with Crippen molar-refractivity contribution in [2.24, 2.45) is 5.41 Å². The van der Waals surface area contributed by atoms with Crippen LogP contribution < -0.4 is 10.1 Å². The van der Waals surface area contributed by atoms with Gasteiger partial charge in [0.15, 0.2) is 0 Å². The summed E-state index contributed by atoms with van der Waals surface area (Å²) < 4.78 is 5.20. The summed E-state index contributed by atoms with van der Waals surface area (Å²) in [5.41, 5.74) is 0.862. The Kier molecular flexibility index (Phi) is 6.23. The highest BCUT2D eigenvalue weighted by molar-refractivity contribution is 5.97. The summed E-state index contributed by atoms with van der Waals surface area (Å²) in [6.45, 7) is 5.17. The minimum atomic E-state index is -0.499. The number of aromatic nitrogens is 1. The van der Waals surface area contributed by atoms with Crippen molar-refractivity contribution in [1.29, 1.82) is 0 Å². The first kappa shape index (κ1) is 21.3. The zero-order valence-corrected chi connectivity index (χ0v) is 18.2. The summed E-state index contributed by atoms with van der Waals surface area (Å²) in [7, 11) is 1.61. The number of hydrogen-bond donors (Lipinski definition) is 1. The molecule has 1 aromatic heterocycles. The van der Waals surface area contributed by atoms with Gasteiger partial charge in [0, 0.05) is 30.9 Å². The summed E-state index contributed by atoms with van der Waals surface area (Å²) >= 11 is 0. The van der Waals surface area contributed by atoms with Crippen molar-refractivity contribution in [3.63, 3.8) is 0 Å². The molecule has 1 aromatic carbocycles. The number of ether oxygens (including phenoxy) is 1. The van der Waals surface area contributed by atoms with Gasteiger partial charge in [-0.2, -0.15) is 0 Å². The number of likely N-dealkylation sites (tertiary alicyclic amines) is 2. The number of methoxy groups -OCH3 is 1. The highest BCUT2D eigenvalue weighted by Gasteiger charge is 2.53. The SMILES string of the molecule is CCN1CC[C@]2(C(=O)Nc3cccnc3)CCN(C(=O)c3ccc(OC)cc3)CC[C@H]12. The smallest absolute Gasteiger partial charge is 0.253 e. The molecule has 1 N–H and O–H groups in total. The zero-order valence-electron chi connectivity index (χ0n) is 18.2. The second kappa shape index (κ2) is 9.06. The first-order valence-corrected chi connectivity index (χ1v) is 11.0. The molecule has 2 saturated heterocycles. The third kappa shape index (κ3) is 4.14. The number of nitrogens with one attached hydrogen (secondary N) is 1. The van der Waals surface area contributed by atoms with Crippen LogP contribution in [0.3, 0.4) is 0 Å². The second-order valence-corrected chi connectivity index (χ2v) is 8.31. The van der Waals surface area contributed by atoms with Crippen LogP contribution in [0, 0.1) is 5.41 Å². The van der Waals surface area contributed by atoms with E-state index < -0.39 is 5.41 Å². The van der Waals surface area contributed by atoms with Gasteiger partial charge in [-0.25, -0.2) is 0 Å². The molecule has 0 saturated carbocycles. The first-order chi connectivity index (χ1) is 15.1. The Bertz CT molecular complexity index is 918. The van der Waals surface area contributed by atoms with Gasteiger partial charge in [0.1, 0.15) is 5.75 Å². The fraction of sp³-hybridized carbons (Fsp3) is 0.458. The monoisotopic (exact) mass is 422 g/mol. The minimum absolute atomic E-state index is 0.00786. The van der Waals surface area contributed by atoms with Gasteiger partial charge in [0.05, 0.1) is 24.4 Å². The van der Waals surface area contributed by atoms with Gasteiger partial charge < -0.3 is 15.0 Å². The van der Waals surface area contributed by atoms with Gasteiger partial charge in [-0.1, -0.05) is 6.92 Å². The molecular weight excluding hydrogens is 392 g/mol. The molecule has 7 nitrogen and oxygen atoms in total. The van der Waals surface area contributed by atoms with Crippen LogP contribution in [0.5, 0.6) is 5.75 Å². The molecule has 0 bridgehead atoms. The van der Waals surface area contributed by atoms with E-state index in [4.69, 9.17) is 4.74 Å². The van der Waals surface area contributed by atoms with Crippen molar-refractivity contribution in [2.45, 2.75) is 32.2 Å². The van der Waals surface area contributed by atoms with Gasteiger partial charge >= 0.3 is 0 Å². The minimum Gasteiger partial charge on any atom is -0.497 e. The lowest BCUT2D eigenvalue weighted by Crippen LogP contribution is -2.47. The van der Waals surface area contributed by atoms with Crippen LogP contribution in [0.2, 0.25) is 0 Å². The zero-order chi connectivity index (χ0) is 21.8. The molecule has 0 aliphatic carbocycles. The molecule has 2 fully saturated rings. The number of benzene rings is 1. The number of hydrogen-bond acceptors (Lipinski definition) is 5. The third-order valence-corrected chi connectivity index (χ3v) is 6.83. The maximum atomic E-state index is 13.5. The van der Waals surface area contributed by atoms with E-state index in [1.807, 2.05) is 17.0 Å². The van der Waals surface area contributed by atoms with Crippen LogP contribution in [0.25, 0.3) is 0 Å². The Balaban J connectivity index is 1.54. The van der Waals surface area contributed by atoms with Crippen molar-refractivity contribution >= 4 is 17.5 Å². The summed E-state index contributed by atoms with van der Waals surface area (Å²) in [5, 5.41) is 3.09. The third-order valence-electron chi connectivity index (χ3n) is 6.83. The predicted molar refractivity (Wildman–Crippen MR) is 119 cm³/mol. The van der Waals surface area contributed by atoms with Crippen molar-refractivity contribution in [2.75, 3.05) is 38.6 Å². The summed E-state index contributed by atoms with van der Waals surface area (Å²) in [4.78, 5) is 35.1. The van der Waals surface area contributed by atoms with Crippen LogP contribution >= 0.6 is 0 Å². The Morgan fingerprint density at radius 1 is 1.16 bits per heavy atom. The van der Waals surface area contributed by atoms with Gasteiger partial charge in [-0.15, -0.1) is 0 Å². The molecule has 2 aromatic rings. The molecule has 0 radical (unpaired) electrons. The molecule has 2 amide bonds.